The number of carbonyl (C=O) groups is 2. The lowest BCUT2D eigenvalue weighted by Crippen LogP contribution is -2.40. The van der Waals surface area contributed by atoms with Crippen molar-refractivity contribution in [2.45, 2.75) is 26.4 Å². The molecule has 1 N–H and O–H groups in total. The predicted molar refractivity (Wildman–Crippen MR) is 97.1 cm³/mol. The Kier molecular flexibility index (Phi) is 6.57. The van der Waals surface area contributed by atoms with Gasteiger partial charge in [-0.3, -0.25) is 9.59 Å². The molecule has 2 aromatic rings. The van der Waals surface area contributed by atoms with Crippen LogP contribution in [0.1, 0.15) is 31.0 Å². The highest BCUT2D eigenvalue weighted by atomic mass is 16.5. The molecule has 5 nitrogen and oxygen atoms in total. The minimum Gasteiger partial charge on any atom is -0.497 e. The highest BCUT2D eigenvalue weighted by Crippen LogP contribution is 2.14. The van der Waals surface area contributed by atoms with Gasteiger partial charge in [0.1, 0.15) is 5.75 Å². The van der Waals surface area contributed by atoms with Gasteiger partial charge in [-0.2, -0.15) is 0 Å². The van der Waals surface area contributed by atoms with Crippen LogP contribution in [-0.2, 0) is 16.1 Å². The normalized spacial score (nSPS) is 11.5. The molecule has 0 aliphatic rings. The van der Waals surface area contributed by atoms with E-state index in [1.54, 1.807) is 7.11 Å². The maximum atomic E-state index is 12.3. The molecule has 25 heavy (non-hydrogen) atoms. The molecule has 2 aromatic carbocycles. The Morgan fingerprint density at radius 2 is 1.72 bits per heavy atom. The molecule has 5 heteroatoms. The van der Waals surface area contributed by atoms with Crippen LogP contribution < -0.4 is 10.1 Å². The summed E-state index contributed by atoms with van der Waals surface area (Å²) in [5.41, 5.74) is 1.97. The molecular weight excluding hydrogens is 316 g/mol. The second-order valence-corrected chi connectivity index (χ2v) is 5.92. The monoisotopic (exact) mass is 340 g/mol. The summed E-state index contributed by atoms with van der Waals surface area (Å²) >= 11 is 0. The Morgan fingerprint density at radius 3 is 2.28 bits per heavy atom. The van der Waals surface area contributed by atoms with Crippen LogP contribution in [0.5, 0.6) is 5.75 Å². The average molecular weight is 340 g/mol. The first-order chi connectivity index (χ1) is 12.0. The second kappa shape index (κ2) is 8.87. The zero-order chi connectivity index (χ0) is 18.2. The third-order valence-corrected chi connectivity index (χ3v) is 3.99. The molecule has 0 aliphatic heterocycles. The fraction of sp³-hybridized carbons (Fsp3) is 0.300. The van der Waals surface area contributed by atoms with E-state index in [0.717, 1.165) is 16.9 Å². The van der Waals surface area contributed by atoms with Crippen LogP contribution >= 0.6 is 0 Å². The van der Waals surface area contributed by atoms with E-state index < -0.39 is 0 Å². The minimum absolute atomic E-state index is 0.0263. The molecule has 0 saturated heterocycles. The highest BCUT2D eigenvalue weighted by Gasteiger charge is 2.16. The van der Waals surface area contributed by atoms with E-state index in [9.17, 15) is 9.59 Å². The highest BCUT2D eigenvalue weighted by molar-refractivity contribution is 5.84. The second-order valence-electron chi connectivity index (χ2n) is 5.92. The van der Waals surface area contributed by atoms with Gasteiger partial charge in [-0.25, -0.2) is 0 Å². The molecule has 1 unspecified atom stereocenters. The fourth-order valence-corrected chi connectivity index (χ4v) is 2.52. The van der Waals surface area contributed by atoms with Crippen molar-refractivity contribution < 1.29 is 14.3 Å². The first-order valence-electron chi connectivity index (χ1n) is 8.22. The van der Waals surface area contributed by atoms with Crippen molar-refractivity contribution in [3.8, 4) is 5.75 Å². The molecular formula is C20H24N2O3. The zero-order valence-corrected chi connectivity index (χ0v) is 14.9. The van der Waals surface area contributed by atoms with E-state index in [-0.39, 0.29) is 24.4 Å². The first kappa shape index (κ1) is 18.5. The molecule has 2 amide bonds. The molecule has 0 heterocycles. The van der Waals surface area contributed by atoms with Crippen molar-refractivity contribution in [2.75, 3.05) is 13.7 Å². The number of nitrogens with one attached hydrogen (secondary N) is 1. The largest absolute Gasteiger partial charge is 0.497 e. The summed E-state index contributed by atoms with van der Waals surface area (Å²) in [5, 5.41) is 2.93. The topological polar surface area (TPSA) is 58.6 Å². The van der Waals surface area contributed by atoms with Gasteiger partial charge in [0, 0.05) is 13.5 Å². The molecule has 0 fully saturated rings. The Balaban J connectivity index is 1.95. The van der Waals surface area contributed by atoms with Crippen LogP contribution in [0.15, 0.2) is 54.6 Å². The van der Waals surface area contributed by atoms with E-state index in [2.05, 4.69) is 5.32 Å². The van der Waals surface area contributed by atoms with Gasteiger partial charge in [-0.05, 0) is 30.2 Å². The Labute approximate surface area is 148 Å². The molecule has 2 rings (SSSR count). The Hall–Kier alpha value is -2.82. The van der Waals surface area contributed by atoms with E-state index >= 15 is 0 Å². The zero-order valence-electron chi connectivity index (χ0n) is 14.9. The van der Waals surface area contributed by atoms with Crippen LogP contribution in [0.3, 0.4) is 0 Å². The van der Waals surface area contributed by atoms with E-state index in [1.807, 2.05) is 61.5 Å². The number of benzene rings is 2. The smallest absolute Gasteiger partial charge is 0.240 e. The SMILES string of the molecule is COc1ccc(CN(CC(=O)NC(C)c2ccccc2)C(C)=O)cc1. The van der Waals surface area contributed by atoms with Gasteiger partial charge in [-0.15, -0.1) is 0 Å². The van der Waals surface area contributed by atoms with Crippen LogP contribution in [0.25, 0.3) is 0 Å². The molecule has 132 valence electrons. The van der Waals surface area contributed by atoms with E-state index in [0.29, 0.717) is 6.54 Å². The average Bonchev–Trinajstić information content (AvgIpc) is 2.62. The molecule has 0 saturated carbocycles. The number of hydrogen-bond donors (Lipinski definition) is 1. The number of rotatable bonds is 7. The van der Waals surface area contributed by atoms with Crippen LogP contribution in [0.2, 0.25) is 0 Å². The van der Waals surface area contributed by atoms with Crippen molar-refractivity contribution in [1.82, 2.24) is 10.2 Å². The van der Waals surface area contributed by atoms with Gasteiger partial charge in [-0.1, -0.05) is 42.5 Å². The fourth-order valence-electron chi connectivity index (χ4n) is 2.52. The van der Waals surface area contributed by atoms with E-state index in [1.165, 1.54) is 11.8 Å². The van der Waals surface area contributed by atoms with Crippen LogP contribution in [0.4, 0.5) is 0 Å². The van der Waals surface area contributed by atoms with Crippen molar-refractivity contribution in [2.24, 2.45) is 0 Å². The summed E-state index contributed by atoms with van der Waals surface area (Å²) in [6.45, 7) is 3.80. The predicted octanol–water partition coefficient (Wildman–Crippen LogP) is 2.92. The number of nitrogens with zero attached hydrogens (tertiary/aromatic N) is 1. The van der Waals surface area contributed by atoms with E-state index in [4.69, 9.17) is 4.74 Å². The summed E-state index contributed by atoms with van der Waals surface area (Å²) in [6.07, 6.45) is 0. The Bertz CT molecular complexity index is 699. The number of hydrogen-bond acceptors (Lipinski definition) is 3. The lowest BCUT2D eigenvalue weighted by atomic mass is 10.1. The lowest BCUT2D eigenvalue weighted by Gasteiger charge is -2.22. The number of ether oxygens (including phenoxy) is 1. The van der Waals surface area contributed by atoms with Crippen molar-refractivity contribution >= 4 is 11.8 Å². The minimum atomic E-state index is -0.180. The summed E-state index contributed by atoms with van der Waals surface area (Å²) < 4.78 is 5.13. The summed E-state index contributed by atoms with van der Waals surface area (Å²) in [6, 6.07) is 17.1. The van der Waals surface area contributed by atoms with Gasteiger partial charge < -0.3 is 15.0 Å². The summed E-state index contributed by atoms with van der Waals surface area (Å²) in [4.78, 5) is 25.7. The third-order valence-electron chi connectivity index (χ3n) is 3.99. The quantitative estimate of drug-likeness (QED) is 0.843. The van der Waals surface area contributed by atoms with Crippen molar-refractivity contribution in [3.05, 3.63) is 65.7 Å². The number of methoxy groups -OCH3 is 1. The Morgan fingerprint density at radius 1 is 1.08 bits per heavy atom. The summed E-state index contributed by atoms with van der Waals surface area (Å²) in [5.74, 6) is 0.436. The molecule has 0 bridgehead atoms. The first-order valence-corrected chi connectivity index (χ1v) is 8.22. The van der Waals surface area contributed by atoms with Gasteiger partial charge in [0.2, 0.25) is 11.8 Å². The standard InChI is InChI=1S/C20H24N2O3/c1-15(18-7-5-4-6-8-18)21-20(24)14-22(16(2)23)13-17-9-11-19(25-3)12-10-17/h4-12,15H,13-14H2,1-3H3,(H,21,24). The van der Waals surface area contributed by atoms with Crippen molar-refractivity contribution in [3.63, 3.8) is 0 Å². The maximum Gasteiger partial charge on any atom is 0.240 e. The maximum absolute atomic E-state index is 12.3. The number of carbonyl (C=O) groups excluding carboxylic acids is 2. The molecule has 0 aliphatic carbocycles. The molecule has 0 spiro atoms. The van der Waals surface area contributed by atoms with Gasteiger partial charge >= 0.3 is 0 Å². The lowest BCUT2D eigenvalue weighted by molar-refractivity contribution is -0.135. The summed E-state index contributed by atoms with van der Waals surface area (Å²) in [7, 11) is 1.61. The third kappa shape index (κ3) is 5.64. The molecule has 0 aromatic heterocycles. The molecule has 0 radical (unpaired) electrons. The van der Waals surface area contributed by atoms with Gasteiger partial charge in [0.15, 0.2) is 0 Å². The van der Waals surface area contributed by atoms with Crippen LogP contribution in [-0.4, -0.2) is 30.4 Å². The van der Waals surface area contributed by atoms with Gasteiger partial charge in [0.05, 0.1) is 19.7 Å². The molecule has 1 atom stereocenters. The number of amides is 2. The van der Waals surface area contributed by atoms with Crippen molar-refractivity contribution in [1.29, 1.82) is 0 Å². The van der Waals surface area contributed by atoms with Gasteiger partial charge in [0.25, 0.3) is 0 Å². The van der Waals surface area contributed by atoms with Crippen LogP contribution in [0, 0.1) is 0 Å².